The molecule has 0 spiro atoms. The van der Waals surface area contributed by atoms with Gasteiger partial charge in [-0.1, -0.05) is 32.9 Å². The second-order valence-electron chi connectivity index (χ2n) is 10.3. The van der Waals surface area contributed by atoms with Crippen molar-refractivity contribution in [1.29, 1.82) is 5.26 Å². The molecule has 2 aromatic carbocycles. The fourth-order valence-corrected chi connectivity index (χ4v) is 5.69. The van der Waals surface area contributed by atoms with Gasteiger partial charge < -0.3 is 10.2 Å². The Morgan fingerprint density at radius 3 is 2.26 bits per heavy atom. The number of anilines is 2. The van der Waals surface area contributed by atoms with Gasteiger partial charge in [0.25, 0.3) is 0 Å². The van der Waals surface area contributed by atoms with Crippen LogP contribution >= 0.6 is 0 Å². The normalized spacial score (nSPS) is 17.4. The molecule has 9 heteroatoms. The van der Waals surface area contributed by atoms with Gasteiger partial charge in [-0.25, -0.2) is 18.4 Å². The second kappa shape index (κ2) is 8.77. The molecule has 2 fully saturated rings. The number of piperazine rings is 1. The minimum Gasteiger partial charge on any atom is -0.364 e. The van der Waals surface area contributed by atoms with Crippen molar-refractivity contribution in [2.75, 3.05) is 36.4 Å². The Morgan fingerprint density at radius 2 is 1.66 bits per heavy atom. The minimum atomic E-state index is -3.57. The molecule has 1 saturated heterocycles. The molecule has 0 unspecified atom stereocenters. The quantitative estimate of drug-likeness (QED) is 0.579. The number of hydrogen-bond donors (Lipinski definition) is 1. The summed E-state index contributed by atoms with van der Waals surface area (Å²) in [5.41, 5.74) is 3.00. The lowest BCUT2D eigenvalue weighted by atomic mass is 9.87. The van der Waals surface area contributed by atoms with E-state index in [9.17, 15) is 13.7 Å². The zero-order chi connectivity index (χ0) is 24.8. The monoisotopic (exact) mass is 490 g/mol. The molecule has 1 aromatic heterocycles. The number of nitriles is 1. The molecule has 5 rings (SSSR count). The summed E-state index contributed by atoms with van der Waals surface area (Å²) < 4.78 is 28.1. The number of nitrogens with one attached hydrogen (secondary N) is 1. The minimum absolute atomic E-state index is 0.0327. The molecule has 3 aromatic rings. The maximum atomic E-state index is 13.3. The van der Waals surface area contributed by atoms with Gasteiger partial charge in [0, 0.05) is 32.2 Å². The third kappa shape index (κ3) is 4.81. The van der Waals surface area contributed by atoms with E-state index in [-0.39, 0.29) is 5.41 Å². The maximum absolute atomic E-state index is 13.3. The number of fused-ring (bicyclic) bond motifs is 1. The molecule has 0 bridgehead atoms. The molecular weight excluding hydrogens is 460 g/mol. The number of hydrogen-bond acceptors (Lipinski definition) is 7. The first-order chi connectivity index (χ1) is 16.6. The van der Waals surface area contributed by atoms with E-state index in [4.69, 9.17) is 9.97 Å². The molecule has 1 saturated carbocycles. The van der Waals surface area contributed by atoms with E-state index in [1.807, 2.05) is 18.2 Å². The Kier molecular flexibility index (Phi) is 5.90. The van der Waals surface area contributed by atoms with Crippen molar-refractivity contribution >= 4 is 32.7 Å². The molecule has 2 heterocycles. The van der Waals surface area contributed by atoms with Crippen LogP contribution in [0.1, 0.15) is 44.7 Å². The summed E-state index contributed by atoms with van der Waals surface area (Å²) in [5.74, 6) is 1.44. The van der Waals surface area contributed by atoms with Gasteiger partial charge in [-0.15, -0.1) is 0 Å². The molecule has 1 aliphatic carbocycles. The van der Waals surface area contributed by atoms with Gasteiger partial charge in [0.15, 0.2) is 11.6 Å². The molecule has 2 aliphatic rings. The third-order valence-corrected chi connectivity index (χ3v) is 8.50. The Hall–Kier alpha value is -3.22. The van der Waals surface area contributed by atoms with Gasteiger partial charge >= 0.3 is 0 Å². The van der Waals surface area contributed by atoms with Crippen LogP contribution in [-0.4, -0.2) is 54.9 Å². The highest BCUT2D eigenvalue weighted by atomic mass is 32.2. The highest BCUT2D eigenvalue weighted by Crippen LogP contribution is 2.32. The first-order valence-corrected chi connectivity index (χ1v) is 13.4. The summed E-state index contributed by atoms with van der Waals surface area (Å²) in [6.45, 7) is 8.08. The van der Waals surface area contributed by atoms with Gasteiger partial charge in [0.05, 0.1) is 27.6 Å². The van der Waals surface area contributed by atoms with Crippen LogP contribution < -0.4 is 10.2 Å². The van der Waals surface area contributed by atoms with E-state index in [1.54, 1.807) is 28.6 Å². The molecule has 1 aliphatic heterocycles. The van der Waals surface area contributed by atoms with Crippen LogP contribution in [0.15, 0.2) is 47.4 Å². The number of aromatic nitrogens is 2. The molecule has 0 amide bonds. The maximum Gasteiger partial charge on any atom is 0.243 e. The van der Waals surface area contributed by atoms with Crippen molar-refractivity contribution in [2.45, 2.75) is 50.0 Å². The van der Waals surface area contributed by atoms with Crippen molar-refractivity contribution in [3.8, 4) is 6.07 Å². The number of rotatable bonds is 5. The number of nitrogens with zero attached hydrogens (tertiary/aromatic N) is 5. The second-order valence-corrected chi connectivity index (χ2v) is 12.2. The van der Waals surface area contributed by atoms with Crippen molar-refractivity contribution < 1.29 is 8.42 Å². The van der Waals surface area contributed by atoms with Crippen molar-refractivity contribution in [1.82, 2.24) is 14.3 Å². The lowest BCUT2D eigenvalue weighted by Crippen LogP contribution is -2.49. The Labute approximate surface area is 206 Å². The molecule has 35 heavy (non-hydrogen) atoms. The lowest BCUT2D eigenvalue weighted by Gasteiger charge is -2.35. The van der Waals surface area contributed by atoms with Crippen LogP contribution in [0.4, 0.5) is 11.6 Å². The topological polar surface area (TPSA) is 102 Å². The van der Waals surface area contributed by atoms with Gasteiger partial charge in [0.1, 0.15) is 0 Å². The molecule has 182 valence electrons. The fourth-order valence-electron chi connectivity index (χ4n) is 4.27. The molecular formula is C26H30N6O2S. The largest absolute Gasteiger partial charge is 0.364 e. The van der Waals surface area contributed by atoms with E-state index in [2.05, 4.69) is 37.1 Å². The molecule has 0 atom stereocenters. The van der Waals surface area contributed by atoms with E-state index >= 15 is 0 Å². The van der Waals surface area contributed by atoms with Crippen LogP contribution in [-0.2, 0) is 15.4 Å². The Bertz CT molecular complexity index is 1390. The zero-order valence-electron chi connectivity index (χ0n) is 20.3. The summed E-state index contributed by atoms with van der Waals surface area (Å²) in [6, 6.07) is 15.1. The molecule has 0 radical (unpaired) electrons. The van der Waals surface area contributed by atoms with Crippen molar-refractivity contribution in [3.63, 3.8) is 0 Å². The summed E-state index contributed by atoms with van der Waals surface area (Å²) in [5, 5.41) is 12.7. The van der Waals surface area contributed by atoms with Gasteiger partial charge in [0.2, 0.25) is 10.0 Å². The van der Waals surface area contributed by atoms with Gasteiger partial charge in [-0.2, -0.15) is 9.57 Å². The predicted octanol–water partition coefficient (Wildman–Crippen LogP) is 3.88. The van der Waals surface area contributed by atoms with E-state index in [1.165, 1.54) is 0 Å². The van der Waals surface area contributed by atoms with Crippen molar-refractivity contribution in [3.05, 3.63) is 53.6 Å². The first-order valence-electron chi connectivity index (χ1n) is 12.0. The predicted molar refractivity (Wildman–Crippen MR) is 137 cm³/mol. The Morgan fingerprint density at radius 1 is 0.971 bits per heavy atom. The van der Waals surface area contributed by atoms with Crippen LogP contribution in [0.3, 0.4) is 0 Å². The van der Waals surface area contributed by atoms with E-state index in [0.29, 0.717) is 54.0 Å². The van der Waals surface area contributed by atoms with E-state index in [0.717, 1.165) is 29.7 Å². The van der Waals surface area contributed by atoms with E-state index < -0.39 is 10.0 Å². The molecule has 1 N–H and O–H groups in total. The van der Waals surface area contributed by atoms with Crippen LogP contribution in [0.5, 0.6) is 0 Å². The third-order valence-electron chi connectivity index (χ3n) is 6.59. The average Bonchev–Trinajstić information content (AvgIpc) is 3.67. The standard InChI is InChI=1S/C26H30N6O2S/c1-26(2,3)19-5-9-21(10-6-19)35(33,34)32-14-12-31(13-15-32)25-24(28-20-7-8-20)29-22-11-4-18(17-27)16-23(22)30-25/h4-6,9-11,16,20H,7-8,12-15H2,1-3H3,(H,28,29). The summed E-state index contributed by atoms with van der Waals surface area (Å²) in [4.78, 5) is 12.1. The summed E-state index contributed by atoms with van der Waals surface area (Å²) >= 11 is 0. The number of sulfonamides is 1. The Balaban J connectivity index is 1.37. The zero-order valence-corrected chi connectivity index (χ0v) is 21.1. The lowest BCUT2D eigenvalue weighted by molar-refractivity contribution is 0.384. The van der Waals surface area contributed by atoms with Gasteiger partial charge in [-0.3, -0.25) is 0 Å². The van der Waals surface area contributed by atoms with Crippen molar-refractivity contribution in [2.24, 2.45) is 0 Å². The first kappa shape index (κ1) is 23.5. The highest BCUT2D eigenvalue weighted by molar-refractivity contribution is 7.89. The summed E-state index contributed by atoms with van der Waals surface area (Å²) in [6.07, 6.45) is 2.21. The highest BCUT2D eigenvalue weighted by Gasteiger charge is 2.31. The molecule has 8 nitrogen and oxygen atoms in total. The number of benzene rings is 2. The van der Waals surface area contributed by atoms with Crippen LogP contribution in [0, 0.1) is 11.3 Å². The van der Waals surface area contributed by atoms with Gasteiger partial charge in [-0.05, 0) is 54.2 Å². The summed E-state index contributed by atoms with van der Waals surface area (Å²) in [7, 11) is -3.57. The smallest absolute Gasteiger partial charge is 0.243 e. The van der Waals surface area contributed by atoms with Crippen LogP contribution in [0.25, 0.3) is 11.0 Å². The fraction of sp³-hybridized carbons (Fsp3) is 0.423. The average molecular weight is 491 g/mol. The SMILES string of the molecule is CC(C)(C)c1ccc(S(=O)(=O)N2CCN(c3nc4cc(C#N)ccc4nc3NC3CC3)CC2)cc1. The van der Waals surface area contributed by atoms with Crippen LogP contribution in [0.2, 0.25) is 0 Å².